The topological polar surface area (TPSA) is 83.8 Å². The Morgan fingerprint density at radius 2 is 2.26 bits per heavy atom. The van der Waals surface area contributed by atoms with E-state index in [0.29, 0.717) is 11.4 Å². The molecule has 1 aromatic heterocycles. The van der Waals surface area contributed by atoms with Crippen LogP contribution in [-0.4, -0.2) is 22.1 Å². The molecule has 1 aliphatic carbocycles. The second kappa shape index (κ2) is 6.08. The highest BCUT2D eigenvalue weighted by atomic mass is 16.2. The number of anilines is 1. The molecule has 1 amide bonds. The lowest BCUT2D eigenvalue weighted by molar-refractivity contribution is 0.0915. The Morgan fingerprint density at radius 3 is 2.89 bits per heavy atom. The third kappa shape index (κ3) is 3.08. The molecule has 2 rings (SSSR count). The van der Waals surface area contributed by atoms with Gasteiger partial charge in [-0.3, -0.25) is 9.89 Å². The molecule has 0 bridgehead atoms. The van der Waals surface area contributed by atoms with Gasteiger partial charge >= 0.3 is 0 Å². The van der Waals surface area contributed by atoms with Gasteiger partial charge < -0.3 is 11.1 Å². The molecular weight excluding hydrogens is 240 g/mol. The van der Waals surface area contributed by atoms with Crippen molar-refractivity contribution in [2.75, 3.05) is 5.73 Å². The van der Waals surface area contributed by atoms with Gasteiger partial charge in [-0.1, -0.05) is 33.1 Å². The predicted octanol–water partition coefficient (Wildman–Crippen LogP) is 2.25. The van der Waals surface area contributed by atoms with Crippen molar-refractivity contribution in [2.45, 2.75) is 58.4 Å². The summed E-state index contributed by atoms with van der Waals surface area (Å²) in [6, 6.07) is 0.271. The molecule has 0 spiro atoms. The van der Waals surface area contributed by atoms with Crippen molar-refractivity contribution in [2.24, 2.45) is 5.92 Å². The maximum atomic E-state index is 12.2. The zero-order valence-corrected chi connectivity index (χ0v) is 11.8. The molecule has 1 fully saturated rings. The minimum Gasteiger partial charge on any atom is -0.395 e. The first-order chi connectivity index (χ1) is 9.15. The molecule has 19 heavy (non-hydrogen) atoms. The zero-order chi connectivity index (χ0) is 13.8. The van der Waals surface area contributed by atoms with Gasteiger partial charge in [0.25, 0.3) is 5.91 Å². The van der Waals surface area contributed by atoms with Crippen LogP contribution >= 0.6 is 0 Å². The Hall–Kier alpha value is -1.52. The second-order valence-corrected chi connectivity index (χ2v) is 5.43. The molecule has 5 heteroatoms. The van der Waals surface area contributed by atoms with Crippen LogP contribution in [0.1, 0.15) is 62.1 Å². The lowest BCUT2D eigenvalue weighted by atomic mass is 9.84. The fraction of sp³-hybridized carbons (Fsp3) is 0.714. The van der Waals surface area contributed by atoms with Crippen LogP contribution in [0.5, 0.6) is 0 Å². The summed E-state index contributed by atoms with van der Waals surface area (Å²) < 4.78 is 0. The van der Waals surface area contributed by atoms with E-state index >= 15 is 0 Å². The number of nitrogens with two attached hydrogens (primary N) is 1. The number of nitrogen functional groups attached to an aromatic ring is 1. The number of H-pyrrole nitrogens is 1. The quantitative estimate of drug-likeness (QED) is 0.780. The van der Waals surface area contributed by atoms with Gasteiger partial charge in [-0.25, -0.2) is 0 Å². The Bertz CT molecular complexity index is 441. The fourth-order valence-electron chi connectivity index (χ4n) is 2.88. The third-order valence-corrected chi connectivity index (χ3v) is 4.15. The van der Waals surface area contributed by atoms with Crippen LogP contribution < -0.4 is 11.1 Å². The first kappa shape index (κ1) is 13.9. The van der Waals surface area contributed by atoms with Gasteiger partial charge in [0.15, 0.2) is 5.69 Å². The van der Waals surface area contributed by atoms with Crippen LogP contribution in [0, 0.1) is 5.92 Å². The molecule has 1 saturated carbocycles. The number of hydrogen-bond acceptors (Lipinski definition) is 3. The second-order valence-electron chi connectivity index (χ2n) is 5.43. The largest absolute Gasteiger partial charge is 0.395 e. The van der Waals surface area contributed by atoms with Crippen molar-refractivity contribution in [3.05, 3.63) is 11.4 Å². The maximum Gasteiger partial charge on any atom is 0.274 e. The van der Waals surface area contributed by atoms with E-state index in [1.807, 2.05) is 6.92 Å². The molecule has 0 radical (unpaired) electrons. The van der Waals surface area contributed by atoms with Gasteiger partial charge in [-0.2, -0.15) is 5.10 Å². The Balaban J connectivity index is 1.98. The van der Waals surface area contributed by atoms with Gasteiger partial charge in [0, 0.05) is 6.04 Å². The molecule has 0 aromatic carbocycles. The van der Waals surface area contributed by atoms with E-state index in [1.54, 1.807) is 0 Å². The number of rotatable bonds is 4. The maximum absolute atomic E-state index is 12.2. The Morgan fingerprint density at radius 1 is 1.47 bits per heavy atom. The highest BCUT2D eigenvalue weighted by Crippen LogP contribution is 2.27. The lowest BCUT2D eigenvalue weighted by Crippen LogP contribution is -2.38. The molecule has 1 aromatic rings. The number of hydrogen-bond donors (Lipinski definition) is 3. The molecule has 0 aliphatic heterocycles. The molecule has 1 aliphatic rings. The molecule has 2 unspecified atom stereocenters. The van der Waals surface area contributed by atoms with Crippen molar-refractivity contribution in [3.8, 4) is 0 Å². The normalized spacial score (nSPS) is 23.3. The molecule has 5 nitrogen and oxygen atoms in total. The fourth-order valence-corrected chi connectivity index (χ4v) is 2.88. The van der Waals surface area contributed by atoms with Crippen molar-refractivity contribution in [1.29, 1.82) is 0 Å². The van der Waals surface area contributed by atoms with E-state index < -0.39 is 0 Å². The highest BCUT2D eigenvalue weighted by Gasteiger charge is 2.24. The van der Waals surface area contributed by atoms with Gasteiger partial charge in [-0.05, 0) is 25.2 Å². The minimum atomic E-state index is -0.143. The summed E-state index contributed by atoms with van der Waals surface area (Å²) in [7, 11) is 0. The molecule has 0 saturated heterocycles. The lowest BCUT2D eigenvalue weighted by Gasteiger charge is -2.28. The summed E-state index contributed by atoms with van der Waals surface area (Å²) in [5.41, 5.74) is 7.58. The standard InChI is InChI=1S/C14H24N4O/c1-3-9-6-5-7-10(8-9)16-14(19)13-12(15)11(4-2)17-18-13/h9-10H,3-8,15H2,1-2H3,(H,16,19)(H,17,18). The average Bonchev–Trinajstić information content (AvgIpc) is 2.80. The van der Waals surface area contributed by atoms with E-state index in [-0.39, 0.29) is 11.9 Å². The number of amides is 1. The first-order valence-corrected chi connectivity index (χ1v) is 7.29. The van der Waals surface area contributed by atoms with E-state index in [0.717, 1.165) is 30.9 Å². The van der Waals surface area contributed by atoms with E-state index in [4.69, 9.17) is 5.73 Å². The van der Waals surface area contributed by atoms with E-state index in [1.165, 1.54) is 19.3 Å². The zero-order valence-electron chi connectivity index (χ0n) is 11.8. The van der Waals surface area contributed by atoms with Crippen molar-refractivity contribution < 1.29 is 4.79 Å². The molecule has 106 valence electrons. The predicted molar refractivity (Wildman–Crippen MR) is 75.9 cm³/mol. The number of aromatic amines is 1. The van der Waals surface area contributed by atoms with Crippen LogP contribution in [0.15, 0.2) is 0 Å². The van der Waals surface area contributed by atoms with Crippen molar-refractivity contribution >= 4 is 11.6 Å². The summed E-state index contributed by atoms with van der Waals surface area (Å²) in [4.78, 5) is 12.2. The average molecular weight is 264 g/mol. The monoisotopic (exact) mass is 264 g/mol. The van der Waals surface area contributed by atoms with Crippen LogP contribution in [-0.2, 0) is 6.42 Å². The number of aromatic nitrogens is 2. The van der Waals surface area contributed by atoms with Gasteiger partial charge in [-0.15, -0.1) is 0 Å². The van der Waals surface area contributed by atoms with Gasteiger partial charge in [0.1, 0.15) is 0 Å². The molecule has 1 heterocycles. The minimum absolute atomic E-state index is 0.143. The summed E-state index contributed by atoms with van der Waals surface area (Å²) in [5, 5.41) is 9.93. The van der Waals surface area contributed by atoms with Crippen LogP contribution in [0.4, 0.5) is 5.69 Å². The number of nitrogens with zero attached hydrogens (tertiary/aromatic N) is 1. The Kier molecular flexibility index (Phi) is 4.45. The smallest absolute Gasteiger partial charge is 0.274 e. The molecular formula is C14H24N4O. The number of carbonyl (C=O) groups excluding carboxylic acids is 1. The number of aryl methyl sites for hydroxylation is 1. The summed E-state index contributed by atoms with van der Waals surface area (Å²) in [6.45, 7) is 4.20. The third-order valence-electron chi connectivity index (χ3n) is 4.15. The summed E-state index contributed by atoms with van der Waals surface area (Å²) in [6.07, 6.45) is 6.57. The van der Waals surface area contributed by atoms with Crippen LogP contribution in [0.25, 0.3) is 0 Å². The molecule has 4 N–H and O–H groups in total. The summed E-state index contributed by atoms with van der Waals surface area (Å²) in [5.74, 6) is 0.594. The van der Waals surface area contributed by atoms with E-state index in [2.05, 4.69) is 22.4 Å². The van der Waals surface area contributed by atoms with Gasteiger partial charge in [0.2, 0.25) is 0 Å². The number of carbonyl (C=O) groups is 1. The molecule has 2 atom stereocenters. The van der Waals surface area contributed by atoms with E-state index in [9.17, 15) is 4.79 Å². The highest BCUT2D eigenvalue weighted by molar-refractivity contribution is 5.97. The van der Waals surface area contributed by atoms with Crippen LogP contribution in [0.2, 0.25) is 0 Å². The first-order valence-electron chi connectivity index (χ1n) is 7.29. The Labute approximate surface area is 114 Å². The van der Waals surface area contributed by atoms with Crippen LogP contribution in [0.3, 0.4) is 0 Å². The van der Waals surface area contributed by atoms with Gasteiger partial charge in [0.05, 0.1) is 11.4 Å². The summed E-state index contributed by atoms with van der Waals surface area (Å²) >= 11 is 0. The number of nitrogens with one attached hydrogen (secondary N) is 2. The van der Waals surface area contributed by atoms with Crippen molar-refractivity contribution in [1.82, 2.24) is 15.5 Å². The van der Waals surface area contributed by atoms with Crippen molar-refractivity contribution in [3.63, 3.8) is 0 Å². The SMILES string of the molecule is CCc1[nH]nc(C(=O)NC2CCCC(CC)C2)c1N.